The van der Waals surface area contributed by atoms with Gasteiger partial charge in [-0.1, -0.05) is 6.92 Å². The van der Waals surface area contributed by atoms with Crippen LogP contribution in [0.2, 0.25) is 0 Å². The predicted octanol–water partition coefficient (Wildman–Crippen LogP) is 2.35. The van der Waals surface area contributed by atoms with Gasteiger partial charge in [0.05, 0.1) is 5.92 Å². The van der Waals surface area contributed by atoms with Gasteiger partial charge in [-0.05, 0) is 59.0 Å². The molecule has 3 heteroatoms. The molecule has 2 atom stereocenters. The summed E-state index contributed by atoms with van der Waals surface area (Å²) in [7, 11) is 0. The molecule has 1 rings (SSSR count). The van der Waals surface area contributed by atoms with Crippen molar-refractivity contribution in [1.29, 1.82) is 0 Å². The molecule has 1 aliphatic rings. The lowest BCUT2D eigenvalue weighted by molar-refractivity contribution is -0.162. The molecule has 0 aromatic carbocycles. The van der Waals surface area contributed by atoms with Crippen molar-refractivity contribution in [2.24, 2.45) is 11.8 Å². The van der Waals surface area contributed by atoms with Crippen molar-refractivity contribution in [1.82, 2.24) is 5.32 Å². The molecule has 0 aliphatic carbocycles. The molecule has 1 N–H and O–H groups in total. The lowest BCUT2D eigenvalue weighted by atomic mass is 9.84. The molecule has 0 saturated carbocycles. The van der Waals surface area contributed by atoms with Crippen LogP contribution in [0, 0.1) is 11.8 Å². The minimum atomic E-state index is -0.368. The molecule has 2 unspecified atom stereocenters. The van der Waals surface area contributed by atoms with Crippen LogP contribution in [0.3, 0.4) is 0 Å². The largest absolute Gasteiger partial charge is 0.460 e. The van der Waals surface area contributed by atoms with Crippen LogP contribution in [-0.2, 0) is 9.53 Å². The maximum Gasteiger partial charge on any atom is 0.309 e. The lowest BCUT2D eigenvalue weighted by Gasteiger charge is -2.31. The summed E-state index contributed by atoms with van der Waals surface area (Å²) in [6.45, 7) is 9.90. The summed E-state index contributed by atoms with van der Waals surface area (Å²) in [5, 5.41) is 3.36. The molecule has 0 aromatic heterocycles. The highest BCUT2D eigenvalue weighted by atomic mass is 16.6. The number of esters is 1. The number of rotatable bonds is 3. The van der Waals surface area contributed by atoms with Gasteiger partial charge in [0, 0.05) is 0 Å². The Balaban J connectivity index is 2.55. The van der Waals surface area contributed by atoms with Crippen LogP contribution in [0.5, 0.6) is 0 Å². The van der Waals surface area contributed by atoms with Crippen LogP contribution in [0.15, 0.2) is 0 Å². The zero-order chi connectivity index (χ0) is 12.2. The van der Waals surface area contributed by atoms with Gasteiger partial charge in [0.25, 0.3) is 0 Å². The fraction of sp³-hybridized carbons (Fsp3) is 0.923. The van der Waals surface area contributed by atoms with Gasteiger partial charge >= 0.3 is 5.97 Å². The summed E-state index contributed by atoms with van der Waals surface area (Å²) in [6.07, 6.45) is 3.19. The quantitative estimate of drug-likeness (QED) is 0.752. The van der Waals surface area contributed by atoms with Crippen LogP contribution >= 0.6 is 0 Å². The van der Waals surface area contributed by atoms with Gasteiger partial charge in [-0.3, -0.25) is 4.79 Å². The van der Waals surface area contributed by atoms with Crippen LogP contribution in [0.1, 0.15) is 47.0 Å². The van der Waals surface area contributed by atoms with E-state index < -0.39 is 0 Å². The van der Waals surface area contributed by atoms with Gasteiger partial charge in [0.15, 0.2) is 0 Å². The monoisotopic (exact) mass is 227 g/mol. The Morgan fingerprint density at radius 2 is 2.19 bits per heavy atom. The normalized spacial score (nSPS) is 23.9. The number of hydrogen-bond donors (Lipinski definition) is 1. The standard InChI is InChI=1S/C13H25NO2/c1-5-11(10-7-6-8-14-9-10)12(15)16-13(2,3)4/h10-11,14H,5-9H2,1-4H3. The van der Waals surface area contributed by atoms with Crippen molar-refractivity contribution < 1.29 is 9.53 Å². The van der Waals surface area contributed by atoms with E-state index in [-0.39, 0.29) is 17.5 Å². The first kappa shape index (κ1) is 13.5. The predicted molar refractivity (Wildman–Crippen MR) is 65.2 cm³/mol. The molecule has 16 heavy (non-hydrogen) atoms. The number of carbonyl (C=O) groups excluding carboxylic acids is 1. The Morgan fingerprint density at radius 1 is 1.50 bits per heavy atom. The first-order chi connectivity index (χ1) is 7.44. The van der Waals surface area contributed by atoms with Crippen LogP contribution in [0.25, 0.3) is 0 Å². The fourth-order valence-corrected chi connectivity index (χ4v) is 2.29. The molecular formula is C13H25NO2. The highest BCUT2D eigenvalue weighted by Gasteiger charge is 2.31. The molecule has 0 bridgehead atoms. The maximum atomic E-state index is 12.0. The molecule has 0 amide bonds. The number of ether oxygens (including phenoxy) is 1. The number of nitrogens with one attached hydrogen (secondary N) is 1. The second-order valence-corrected chi connectivity index (χ2v) is 5.65. The Kier molecular flexibility index (Phi) is 4.78. The SMILES string of the molecule is CCC(C(=O)OC(C)(C)C)C1CCCNC1. The summed E-state index contributed by atoms with van der Waals surface area (Å²) in [4.78, 5) is 12.0. The molecule has 1 aliphatic heterocycles. The summed E-state index contributed by atoms with van der Waals surface area (Å²) < 4.78 is 5.48. The molecule has 1 fully saturated rings. The molecule has 0 aromatic rings. The third-order valence-corrected chi connectivity index (χ3v) is 3.05. The lowest BCUT2D eigenvalue weighted by Crippen LogP contribution is -2.39. The number of piperidine rings is 1. The summed E-state index contributed by atoms with van der Waals surface area (Å²) >= 11 is 0. The molecule has 0 radical (unpaired) electrons. The summed E-state index contributed by atoms with van der Waals surface area (Å²) in [5.74, 6) is 0.490. The number of carbonyl (C=O) groups is 1. The van der Waals surface area contributed by atoms with Gasteiger partial charge in [0.1, 0.15) is 5.60 Å². The van der Waals surface area contributed by atoms with E-state index in [1.54, 1.807) is 0 Å². The van der Waals surface area contributed by atoms with Crippen molar-refractivity contribution in [2.75, 3.05) is 13.1 Å². The Bertz CT molecular complexity index is 227. The molecule has 1 heterocycles. The second-order valence-electron chi connectivity index (χ2n) is 5.65. The third kappa shape index (κ3) is 4.12. The van der Waals surface area contributed by atoms with Crippen molar-refractivity contribution in [3.63, 3.8) is 0 Å². The van der Waals surface area contributed by atoms with Gasteiger partial charge < -0.3 is 10.1 Å². The van der Waals surface area contributed by atoms with Crippen molar-refractivity contribution in [3.05, 3.63) is 0 Å². The van der Waals surface area contributed by atoms with E-state index in [9.17, 15) is 4.79 Å². The van der Waals surface area contributed by atoms with E-state index in [1.807, 2.05) is 20.8 Å². The highest BCUT2D eigenvalue weighted by Crippen LogP contribution is 2.25. The minimum absolute atomic E-state index is 0.0244. The first-order valence-corrected chi connectivity index (χ1v) is 6.37. The van der Waals surface area contributed by atoms with Crippen LogP contribution < -0.4 is 5.32 Å². The van der Waals surface area contributed by atoms with Gasteiger partial charge in [-0.25, -0.2) is 0 Å². The Morgan fingerprint density at radius 3 is 2.62 bits per heavy atom. The van der Waals surface area contributed by atoms with Crippen molar-refractivity contribution >= 4 is 5.97 Å². The zero-order valence-corrected chi connectivity index (χ0v) is 11.0. The Labute approximate surface area is 98.9 Å². The number of hydrogen-bond acceptors (Lipinski definition) is 3. The molecular weight excluding hydrogens is 202 g/mol. The van der Waals surface area contributed by atoms with Gasteiger partial charge in [0.2, 0.25) is 0 Å². The first-order valence-electron chi connectivity index (χ1n) is 6.37. The smallest absolute Gasteiger partial charge is 0.309 e. The third-order valence-electron chi connectivity index (χ3n) is 3.05. The average molecular weight is 227 g/mol. The van der Waals surface area contributed by atoms with Gasteiger partial charge in [-0.15, -0.1) is 0 Å². The van der Waals surface area contributed by atoms with E-state index in [2.05, 4.69) is 12.2 Å². The Hall–Kier alpha value is -0.570. The van der Waals surface area contributed by atoms with E-state index in [0.29, 0.717) is 5.92 Å². The minimum Gasteiger partial charge on any atom is -0.460 e. The van der Waals surface area contributed by atoms with E-state index in [1.165, 1.54) is 6.42 Å². The maximum absolute atomic E-state index is 12.0. The summed E-state index contributed by atoms with van der Waals surface area (Å²) in [6, 6.07) is 0. The zero-order valence-electron chi connectivity index (χ0n) is 11.0. The van der Waals surface area contributed by atoms with Gasteiger partial charge in [-0.2, -0.15) is 0 Å². The molecule has 1 saturated heterocycles. The van der Waals surface area contributed by atoms with Crippen molar-refractivity contribution in [3.8, 4) is 0 Å². The van der Waals surface area contributed by atoms with Crippen LogP contribution in [-0.4, -0.2) is 24.7 Å². The van der Waals surface area contributed by atoms with E-state index in [0.717, 1.165) is 25.9 Å². The topological polar surface area (TPSA) is 38.3 Å². The average Bonchev–Trinajstić information content (AvgIpc) is 2.17. The fourth-order valence-electron chi connectivity index (χ4n) is 2.29. The molecule has 3 nitrogen and oxygen atoms in total. The van der Waals surface area contributed by atoms with Crippen LogP contribution in [0.4, 0.5) is 0 Å². The van der Waals surface area contributed by atoms with E-state index in [4.69, 9.17) is 4.74 Å². The second kappa shape index (κ2) is 5.67. The highest BCUT2D eigenvalue weighted by molar-refractivity contribution is 5.73. The summed E-state index contributed by atoms with van der Waals surface area (Å²) in [5.41, 5.74) is -0.368. The van der Waals surface area contributed by atoms with E-state index >= 15 is 0 Å². The molecule has 0 spiro atoms. The van der Waals surface area contributed by atoms with Crippen molar-refractivity contribution in [2.45, 2.75) is 52.6 Å². The molecule has 94 valence electrons.